The van der Waals surface area contributed by atoms with Gasteiger partial charge in [-0.25, -0.2) is 0 Å². The fraction of sp³-hybridized carbons (Fsp3) is 0.417. The maximum Gasteiger partial charge on any atom is 0.227 e. The van der Waals surface area contributed by atoms with Gasteiger partial charge in [-0.05, 0) is 31.2 Å². The van der Waals surface area contributed by atoms with E-state index in [4.69, 9.17) is 16.7 Å². The molecule has 0 spiro atoms. The highest BCUT2D eigenvalue weighted by Gasteiger charge is 2.36. The van der Waals surface area contributed by atoms with E-state index in [-0.39, 0.29) is 24.5 Å². The lowest BCUT2D eigenvalue weighted by atomic mass is 10.0. The van der Waals surface area contributed by atoms with Crippen LogP contribution in [-0.4, -0.2) is 23.7 Å². The van der Waals surface area contributed by atoms with E-state index >= 15 is 0 Å². The topological polar surface area (TPSA) is 40.5 Å². The highest BCUT2D eigenvalue weighted by molar-refractivity contribution is 6.30. The Kier molecular flexibility index (Phi) is 3.17. The fourth-order valence-electron chi connectivity index (χ4n) is 2.13. The van der Waals surface area contributed by atoms with Crippen molar-refractivity contribution in [2.75, 3.05) is 11.5 Å². The molecule has 2 rings (SSSR count). The van der Waals surface area contributed by atoms with Crippen LogP contribution < -0.4 is 4.90 Å². The summed E-state index contributed by atoms with van der Waals surface area (Å²) in [4.78, 5) is 13.6. The number of carbonyl (C=O) groups is 1. The molecule has 1 N–H and O–H groups in total. The third kappa shape index (κ3) is 1.93. The van der Waals surface area contributed by atoms with E-state index < -0.39 is 0 Å². The van der Waals surface area contributed by atoms with Crippen LogP contribution in [0, 0.1) is 5.92 Å². The SMILES string of the molecule is CC1C(CO)CC(=O)N1c1ccc(Cl)cc1. The van der Waals surface area contributed by atoms with Crippen molar-refractivity contribution in [3.05, 3.63) is 29.3 Å². The highest BCUT2D eigenvalue weighted by atomic mass is 35.5. The molecule has 2 unspecified atom stereocenters. The zero-order chi connectivity index (χ0) is 11.7. The van der Waals surface area contributed by atoms with Gasteiger partial charge < -0.3 is 10.0 Å². The first-order chi connectivity index (χ1) is 7.63. The van der Waals surface area contributed by atoms with E-state index in [0.717, 1.165) is 5.69 Å². The minimum Gasteiger partial charge on any atom is -0.396 e. The molecule has 4 heteroatoms. The lowest BCUT2D eigenvalue weighted by molar-refractivity contribution is -0.117. The first kappa shape index (κ1) is 11.4. The van der Waals surface area contributed by atoms with E-state index in [9.17, 15) is 4.79 Å². The standard InChI is InChI=1S/C12H14ClNO2/c1-8-9(7-15)6-12(16)14(8)11-4-2-10(13)3-5-11/h2-5,8-9,15H,6-7H2,1H3. The van der Waals surface area contributed by atoms with Crippen molar-refractivity contribution in [3.63, 3.8) is 0 Å². The summed E-state index contributed by atoms with van der Waals surface area (Å²) in [5.41, 5.74) is 0.845. The summed E-state index contributed by atoms with van der Waals surface area (Å²) in [6.07, 6.45) is 0.417. The van der Waals surface area contributed by atoms with E-state index in [0.29, 0.717) is 11.4 Å². The van der Waals surface area contributed by atoms with E-state index in [1.165, 1.54) is 0 Å². The Balaban J connectivity index is 2.27. The minimum atomic E-state index is 0.0307. The average Bonchev–Trinajstić information content (AvgIpc) is 2.56. The summed E-state index contributed by atoms with van der Waals surface area (Å²) in [6.45, 7) is 2.01. The Bertz CT molecular complexity index is 391. The molecule has 0 aliphatic carbocycles. The predicted molar refractivity (Wildman–Crippen MR) is 63.6 cm³/mol. The fourth-order valence-corrected chi connectivity index (χ4v) is 2.26. The summed E-state index contributed by atoms with van der Waals surface area (Å²) < 4.78 is 0. The number of rotatable bonds is 2. The van der Waals surface area contributed by atoms with Crippen LogP contribution in [0.25, 0.3) is 0 Å². The molecule has 1 aromatic carbocycles. The molecule has 86 valence electrons. The first-order valence-corrected chi connectivity index (χ1v) is 5.69. The third-order valence-corrected chi connectivity index (χ3v) is 3.39. The van der Waals surface area contributed by atoms with Gasteiger partial charge in [-0.15, -0.1) is 0 Å². The molecule has 1 amide bonds. The van der Waals surface area contributed by atoms with Crippen molar-refractivity contribution < 1.29 is 9.90 Å². The van der Waals surface area contributed by atoms with Crippen LogP contribution in [0.4, 0.5) is 5.69 Å². The average molecular weight is 240 g/mol. The Morgan fingerprint density at radius 2 is 2.06 bits per heavy atom. The largest absolute Gasteiger partial charge is 0.396 e. The molecule has 3 nitrogen and oxygen atoms in total. The van der Waals surface area contributed by atoms with Gasteiger partial charge in [0.15, 0.2) is 0 Å². The molecule has 16 heavy (non-hydrogen) atoms. The number of carbonyl (C=O) groups excluding carboxylic acids is 1. The van der Waals surface area contributed by atoms with Crippen LogP contribution in [0.1, 0.15) is 13.3 Å². The number of aliphatic hydroxyl groups excluding tert-OH is 1. The monoisotopic (exact) mass is 239 g/mol. The van der Waals surface area contributed by atoms with E-state index in [1.807, 2.05) is 19.1 Å². The number of hydrogen-bond donors (Lipinski definition) is 1. The van der Waals surface area contributed by atoms with Crippen LogP contribution in [-0.2, 0) is 4.79 Å². The van der Waals surface area contributed by atoms with E-state index in [1.54, 1.807) is 17.0 Å². The molecular formula is C12H14ClNO2. The van der Waals surface area contributed by atoms with Gasteiger partial charge in [0.05, 0.1) is 0 Å². The molecule has 0 radical (unpaired) electrons. The number of nitrogens with zero attached hydrogens (tertiary/aromatic N) is 1. The molecule has 1 aromatic rings. The zero-order valence-electron chi connectivity index (χ0n) is 9.06. The van der Waals surface area contributed by atoms with Crippen LogP contribution in [0.2, 0.25) is 5.02 Å². The van der Waals surface area contributed by atoms with Gasteiger partial charge in [0.1, 0.15) is 0 Å². The lowest BCUT2D eigenvalue weighted by Gasteiger charge is -2.24. The van der Waals surface area contributed by atoms with Crippen molar-refractivity contribution in [1.82, 2.24) is 0 Å². The Hall–Kier alpha value is -1.06. The van der Waals surface area contributed by atoms with Crippen LogP contribution in [0.3, 0.4) is 0 Å². The Morgan fingerprint density at radius 3 is 2.56 bits per heavy atom. The lowest BCUT2D eigenvalue weighted by Crippen LogP contribution is -2.33. The molecule has 0 saturated carbocycles. The second-order valence-electron chi connectivity index (χ2n) is 4.13. The Morgan fingerprint density at radius 1 is 1.44 bits per heavy atom. The second kappa shape index (κ2) is 4.44. The highest BCUT2D eigenvalue weighted by Crippen LogP contribution is 2.31. The zero-order valence-corrected chi connectivity index (χ0v) is 9.81. The molecule has 1 heterocycles. The summed E-state index contributed by atoms with van der Waals surface area (Å²) >= 11 is 5.80. The molecular weight excluding hydrogens is 226 g/mol. The molecule has 1 aliphatic rings. The molecule has 0 bridgehead atoms. The normalized spacial score (nSPS) is 25.2. The van der Waals surface area contributed by atoms with Crippen molar-refractivity contribution in [2.45, 2.75) is 19.4 Å². The number of benzene rings is 1. The summed E-state index contributed by atoms with van der Waals surface area (Å²) in [5, 5.41) is 9.82. The third-order valence-electron chi connectivity index (χ3n) is 3.13. The number of anilines is 1. The van der Waals surface area contributed by atoms with Crippen molar-refractivity contribution in [1.29, 1.82) is 0 Å². The van der Waals surface area contributed by atoms with Crippen molar-refractivity contribution in [3.8, 4) is 0 Å². The number of aliphatic hydroxyl groups is 1. The van der Waals surface area contributed by atoms with E-state index in [2.05, 4.69) is 0 Å². The molecule has 1 aliphatic heterocycles. The predicted octanol–water partition coefficient (Wildman–Crippen LogP) is 2.07. The summed E-state index contributed by atoms with van der Waals surface area (Å²) in [6, 6.07) is 7.23. The van der Waals surface area contributed by atoms with Gasteiger partial charge in [-0.2, -0.15) is 0 Å². The number of hydrogen-bond acceptors (Lipinski definition) is 2. The maximum absolute atomic E-state index is 11.8. The second-order valence-corrected chi connectivity index (χ2v) is 4.56. The van der Waals surface area contributed by atoms with Gasteiger partial charge >= 0.3 is 0 Å². The smallest absolute Gasteiger partial charge is 0.227 e. The maximum atomic E-state index is 11.8. The minimum absolute atomic E-state index is 0.0307. The molecule has 1 saturated heterocycles. The van der Waals surface area contributed by atoms with Gasteiger partial charge in [0.25, 0.3) is 0 Å². The molecule has 0 aromatic heterocycles. The number of amides is 1. The Labute approximate surface area is 99.6 Å². The van der Waals surface area contributed by atoms with Crippen molar-refractivity contribution in [2.24, 2.45) is 5.92 Å². The summed E-state index contributed by atoms with van der Waals surface area (Å²) in [5.74, 6) is 0.0945. The van der Waals surface area contributed by atoms with Gasteiger partial charge in [0.2, 0.25) is 5.91 Å². The van der Waals surface area contributed by atoms with Crippen LogP contribution in [0.15, 0.2) is 24.3 Å². The molecule has 1 fully saturated rings. The van der Waals surface area contributed by atoms with Gasteiger partial charge in [-0.1, -0.05) is 11.6 Å². The number of halogens is 1. The van der Waals surface area contributed by atoms with Crippen molar-refractivity contribution >= 4 is 23.2 Å². The quantitative estimate of drug-likeness (QED) is 0.859. The first-order valence-electron chi connectivity index (χ1n) is 5.32. The van der Waals surface area contributed by atoms with Crippen LogP contribution >= 0.6 is 11.6 Å². The van der Waals surface area contributed by atoms with Crippen LogP contribution in [0.5, 0.6) is 0 Å². The summed E-state index contributed by atoms with van der Waals surface area (Å²) in [7, 11) is 0. The molecule has 2 atom stereocenters. The van der Waals surface area contributed by atoms with Gasteiger partial charge in [0, 0.05) is 35.7 Å². The van der Waals surface area contributed by atoms with Gasteiger partial charge in [-0.3, -0.25) is 4.79 Å².